The smallest absolute Gasteiger partial charge is 0.148 e. The summed E-state index contributed by atoms with van der Waals surface area (Å²) < 4.78 is 29.6. The Labute approximate surface area is 839 Å². The van der Waals surface area contributed by atoms with Crippen LogP contribution in [0.4, 0.5) is 39.8 Å². The van der Waals surface area contributed by atoms with Crippen molar-refractivity contribution in [2.75, 3.05) is 27.2 Å². The fourth-order valence-electron chi connectivity index (χ4n) is 21.9. The van der Waals surface area contributed by atoms with E-state index >= 15 is 0 Å². The van der Waals surface area contributed by atoms with Crippen molar-refractivity contribution in [1.29, 1.82) is 0 Å². The van der Waals surface area contributed by atoms with Gasteiger partial charge in [0.1, 0.15) is 40.1 Å². The van der Waals surface area contributed by atoms with Crippen LogP contribution in [0.1, 0.15) is 48.6 Å². The Morgan fingerprint density at radius 2 is 0.568 bits per heavy atom. The summed E-state index contributed by atoms with van der Waals surface area (Å²) in [4.78, 5) is 20.3. The average molecular weight is 2150 g/mol. The molecule has 4 aromatic heterocycles. The summed E-state index contributed by atoms with van der Waals surface area (Å²) in [5, 5.41) is 11.2. The zero-order valence-corrected chi connectivity index (χ0v) is 79.3. The van der Waals surface area contributed by atoms with Gasteiger partial charge in [-0.3, -0.25) is 0 Å². The molecule has 0 radical (unpaired) electrons. The molecule has 666 valence electrons. The van der Waals surface area contributed by atoms with Crippen LogP contribution in [-0.2, 0) is 53.0 Å². The second-order valence-electron chi connectivity index (χ2n) is 35.0. The van der Waals surface area contributed by atoms with E-state index in [9.17, 15) is 0 Å². The van der Waals surface area contributed by atoms with Crippen molar-refractivity contribution in [2.45, 2.75) is 10.8 Å². The standard InChI is InChI=1S/C66H42N4O.C61H40N4O.2Pt/c1-4-20-45(21-5-1)52-31-19-32-53(46-22-6-2-7-23-46)65(52)47-40-41-67-64(42-47)68-60-35-15-12-30-56(60)57-39-38-49(44-63(57)68)66(58-33-13-10-28-54(58)55-29-11-14-34-59(55)66)48-24-18-27-51(43-48)70-62-37-17-16-36-61(62)69(71-70)50-25-8-3-9-26-50;1-63-56-32-14-15-33-57(56)65(66-63)46-23-16-22-44(39-46)61(53-29-11-8-24-49(53)50-25-9-12-30-54(50)61)45-34-35-52-51-26-10-13-31-55(51)64(58(52)40-45)59-38-43(36-37-62-59)60-47(41-18-4-2-5-19-41)27-17-28-48(60)42-20-6-3-7-21-42;;/h1-42H;2-38H,1H3;;/q2*-2;;/p+2/i;1D3;;. The van der Waals surface area contributed by atoms with E-state index in [1.807, 2.05) is 71.1 Å². The average Bonchev–Trinajstić information content (AvgIpc) is 1.53. The minimum atomic E-state index is -2.49. The summed E-state index contributed by atoms with van der Waals surface area (Å²) in [6.07, 6.45) is 3.88. The van der Waals surface area contributed by atoms with E-state index in [0.29, 0.717) is 17.1 Å². The molecule has 0 bridgehead atoms. The fourth-order valence-corrected chi connectivity index (χ4v) is 21.9. The molecule has 6 heterocycles. The second kappa shape index (κ2) is 35.4. The molecule has 10 nitrogen and oxygen atoms in total. The van der Waals surface area contributed by atoms with Crippen molar-refractivity contribution in [2.24, 2.45) is 0 Å². The molecule has 0 atom stereocenters. The van der Waals surface area contributed by atoms with Crippen molar-refractivity contribution >= 4 is 83.4 Å². The van der Waals surface area contributed by atoms with Crippen molar-refractivity contribution in [3.8, 4) is 101 Å². The van der Waals surface area contributed by atoms with E-state index in [1.54, 1.807) is 11.1 Å². The first-order chi connectivity index (χ1) is 69.1. The van der Waals surface area contributed by atoms with E-state index < -0.39 is 17.8 Å². The van der Waals surface area contributed by atoms with E-state index in [-0.39, 0.29) is 42.1 Å². The van der Waals surface area contributed by atoms with Crippen LogP contribution < -0.4 is 20.3 Å². The number of anilines is 7. The third-order valence-electron chi connectivity index (χ3n) is 27.7. The summed E-state index contributed by atoms with van der Waals surface area (Å²) in [6.45, 7) is -2.49. The Balaban J connectivity index is 0.000000151. The van der Waals surface area contributed by atoms with Gasteiger partial charge in [0, 0.05) is 87.8 Å². The Morgan fingerprint density at radius 1 is 0.252 bits per heavy atom. The number of pyridine rings is 2. The summed E-state index contributed by atoms with van der Waals surface area (Å²) in [7, 11) is 0. The molecule has 19 aromatic carbocycles. The van der Waals surface area contributed by atoms with Gasteiger partial charge in [0.25, 0.3) is 0 Å². The molecule has 0 unspecified atom stereocenters. The molecule has 0 spiro atoms. The van der Waals surface area contributed by atoms with Crippen molar-refractivity contribution in [1.82, 2.24) is 19.1 Å². The number of aromatic nitrogens is 4. The van der Waals surface area contributed by atoms with E-state index in [0.717, 1.165) is 194 Å². The molecule has 2 aliphatic carbocycles. The van der Waals surface area contributed by atoms with Crippen LogP contribution in [0.3, 0.4) is 0 Å². The van der Waals surface area contributed by atoms with Crippen LogP contribution in [0.15, 0.2) is 480 Å². The molecule has 23 aromatic rings. The fraction of sp³-hybridized carbons (Fsp3) is 0.0236. The molecule has 139 heavy (non-hydrogen) atoms. The van der Waals surface area contributed by atoms with Gasteiger partial charge in [-0.15, -0.1) is 72.5 Å². The van der Waals surface area contributed by atoms with Gasteiger partial charge in [0.15, 0.2) is 0 Å². The Morgan fingerprint density at radius 3 is 0.971 bits per heavy atom. The SMILES string of the molecule is [2H]C([2H])([2H])N1[OH+]N(c2[c-]c(C3(c4[c-]c5c(cc4)c4ccccc4n5-c4cc(-c5c(-c6ccccc6)cccc5-c5ccccc5)ccn4)c4ccccc4-c4ccccc43)ccc2)c2ccccc21.[Pt].[Pt].[c-]1c(N2[OH+]N(c3ccccc3)c3ccccc32)cccc1C1(c2[c-]c3c(cc2)c2ccccc2n3-c2cc(-c3c(-c4ccccc4)cccc3-c3ccccc3)ccn2)c2ccccc2-c2ccccc21. The van der Waals surface area contributed by atoms with Gasteiger partial charge in [0.05, 0.1) is 11.1 Å². The van der Waals surface area contributed by atoms with Gasteiger partial charge in [-0.2, -0.15) is 70.5 Å². The van der Waals surface area contributed by atoms with Crippen molar-refractivity contribution in [3.05, 3.63) is 548 Å². The second-order valence-corrected chi connectivity index (χ2v) is 35.0. The minimum Gasteiger partial charge on any atom is -0.319 e. The molecule has 12 heteroatoms. The number of fused-ring (bicyclic) bond motifs is 14. The first-order valence-corrected chi connectivity index (χ1v) is 46.3. The third kappa shape index (κ3) is 13.9. The molecule has 0 saturated heterocycles. The Hall–Kier alpha value is -16.4. The quantitative estimate of drug-likeness (QED) is 0.0752. The molecular weight excluding hydrogens is 2060 g/mol. The van der Waals surface area contributed by atoms with Gasteiger partial charge in [-0.1, -0.05) is 350 Å². The molecule has 2 N–H and O–H groups in total. The van der Waals surface area contributed by atoms with Crippen molar-refractivity contribution in [3.63, 3.8) is 0 Å². The number of hydroxylamine groups is 1. The molecule has 4 aliphatic rings. The van der Waals surface area contributed by atoms with Crippen LogP contribution in [0, 0.1) is 24.3 Å². The molecule has 27 rings (SSSR count). The van der Waals surface area contributed by atoms with Crippen LogP contribution in [0.25, 0.3) is 144 Å². The van der Waals surface area contributed by atoms with Gasteiger partial charge >= 0.3 is 0 Å². The van der Waals surface area contributed by atoms with Gasteiger partial charge < -0.3 is 9.13 Å². The van der Waals surface area contributed by atoms with Gasteiger partial charge in [-0.25, -0.2) is 9.97 Å². The van der Waals surface area contributed by atoms with Crippen LogP contribution >= 0.6 is 0 Å². The van der Waals surface area contributed by atoms with Crippen LogP contribution in [0.5, 0.6) is 0 Å². The topological polar surface area (TPSA) is 74.2 Å². The third-order valence-corrected chi connectivity index (χ3v) is 27.7. The summed E-state index contributed by atoms with van der Waals surface area (Å²) in [5.41, 5.74) is 34.5. The van der Waals surface area contributed by atoms with Crippen LogP contribution in [0.2, 0.25) is 0 Å². The summed E-state index contributed by atoms with van der Waals surface area (Å²) >= 11 is 0. The predicted molar refractivity (Wildman–Crippen MR) is 557 cm³/mol. The van der Waals surface area contributed by atoms with Gasteiger partial charge in [0.2, 0.25) is 0 Å². The summed E-state index contributed by atoms with van der Waals surface area (Å²) in [6, 6.07) is 180. The van der Waals surface area contributed by atoms with E-state index in [2.05, 4.69) is 451 Å². The first-order valence-electron chi connectivity index (χ1n) is 47.8. The number of rotatable bonds is 15. The molecule has 0 amide bonds. The Kier molecular flexibility index (Phi) is 20.9. The van der Waals surface area contributed by atoms with Gasteiger partial charge in [-0.05, 0) is 195 Å². The maximum Gasteiger partial charge on any atom is 0.148 e. The number of hydrogen-bond donors (Lipinski definition) is 0. The molecule has 2 aliphatic heterocycles. The van der Waals surface area contributed by atoms with E-state index in [1.165, 1.54) is 22.3 Å². The number of nitrogens with zero attached hydrogens (tertiary/aromatic N) is 8. The predicted octanol–water partition coefficient (Wildman–Crippen LogP) is 30.8. The van der Waals surface area contributed by atoms with Crippen LogP contribution in [-0.4, -0.2) is 36.0 Å². The van der Waals surface area contributed by atoms with E-state index in [4.69, 9.17) is 19.0 Å². The maximum absolute atomic E-state index is 8.35. The largest absolute Gasteiger partial charge is 0.319 e. The number of benzene rings is 19. The summed E-state index contributed by atoms with van der Waals surface area (Å²) in [5.74, 6) is 1.59. The van der Waals surface area contributed by atoms with Crippen molar-refractivity contribution < 1.29 is 56.1 Å². The Bertz CT molecular complexity index is 8620. The maximum atomic E-state index is 8.35. The molecule has 0 fully saturated rings. The number of para-hydroxylation sites is 7. The molecule has 0 saturated carbocycles. The zero-order valence-electron chi connectivity index (χ0n) is 77.7. The first kappa shape index (κ1) is 82.1. The minimum absolute atomic E-state index is 0. The monoisotopic (exact) mass is 2150 g/mol. The zero-order chi connectivity index (χ0) is 93.2. The molecular formula is C127H84N8O2Pt2-2. The normalized spacial score (nSPS) is 13.7. The number of hydrogen-bond acceptors (Lipinski definition) is 6.